The standard InChI is InChI=1S/C44H66N2O2/c1-9-46-26-10-11-32(46)27-45-28-44-23-18-33(29(2)3)38(44)35-16-17-37-41(6)21-19-34(30-12-14-31(15-13-30)39(47)48)40(4,5)36(41)20-22-43(37,8)42(35,7)24-25-44/h12-15,19,32-33,35-38,45H,2,9-11,16-18,20-28H2,1,3-8H3,(H,47,48)/t32?,33-,35+,36-,37+,38+,41-,42+,43+,44+/m0/s1. The van der Waals surface area contributed by atoms with Gasteiger partial charge in [0.1, 0.15) is 0 Å². The SMILES string of the molecule is C=C(C)[C@@H]1CC[C@]2(CNCC3CCCN3CC)CC[C@]3(C)[C@H](CC[C@@H]4[C@@]5(C)CC=C(c6ccc(C(=O)O)cc6)C(C)(C)[C@@H]5CC[C@]43C)[C@@H]12. The first-order chi connectivity index (χ1) is 22.7. The molecule has 5 aliphatic carbocycles. The second kappa shape index (κ2) is 12.1. The molecule has 0 radical (unpaired) electrons. The number of carbonyl (C=O) groups is 1. The van der Waals surface area contributed by atoms with E-state index in [1.807, 2.05) is 0 Å². The van der Waals surface area contributed by atoms with Crippen molar-refractivity contribution in [2.24, 2.45) is 56.7 Å². The van der Waals surface area contributed by atoms with Crippen molar-refractivity contribution in [2.75, 3.05) is 26.2 Å². The van der Waals surface area contributed by atoms with E-state index >= 15 is 0 Å². The van der Waals surface area contributed by atoms with Crippen LogP contribution in [-0.4, -0.2) is 48.2 Å². The molecule has 7 rings (SSSR count). The van der Waals surface area contributed by atoms with Crippen LogP contribution in [0.1, 0.15) is 135 Å². The summed E-state index contributed by atoms with van der Waals surface area (Å²) in [6, 6.07) is 8.40. The first kappa shape index (κ1) is 34.5. The highest BCUT2D eigenvalue weighted by Gasteiger charge is 2.70. The van der Waals surface area contributed by atoms with E-state index < -0.39 is 5.97 Å². The Morgan fingerprint density at radius 1 is 0.938 bits per heavy atom. The van der Waals surface area contributed by atoms with Gasteiger partial charge in [0, 0.05) is 19.1 Å². The molecule has 2 N–H and O–H groups in total. The predicted molar refractivity (Wildman–Crippen MR) is 199 cm³/mol. The molecule has 1 unspecified atom stereocenters. The van der Waals surface area contributed by atoms with Gasteiger partial charge >= 0.3 is 5.97 Å². The summed E-state index contributed by atoms with van der Waals surface area (Å²) in [5.41, 5.74) is 5.91. The van der Waals surface area contributed by atoms with Crippen molar-refractivity contribution >= 4 is 11.5 Å². The molecule has 4 heteroatoms. The molecule has 0 aromatic heterocycles. The summed E-state index contributed by atoms with van der Waals surface area (Å²) in [5, 5.41) is 13.6. The number of carboxylic acids is 1. The van der Waals surface area contributed by atoms with Crippen LogP contribution in [0.5, 0.6) is 0 Å². The van der Waals surface area contributed by atoms with Crippen molar-refractivity contribution < 1.29 is 9.90 Å². The molecule has 264 valence electrons. The highest BCUT2D eigenvalue weighted by Crippen LogP contribution is 2.77. The van der Waals surface area contributed by atoms with E-state index in [4.69, 9.17) is 0 Å². The van der Waals surface area contributed by atoms with E-state index in [2.05, 4.69) is 83.5 Å². The monoisotopic (exact) mass is 655 g/mol. The van der Waals surface area contributed by atoms with Crippen molar-refractivity contribution in [2.45, 2.75) is 125 Å². The van der Waals surface area contributed by atoms with Crippen molar-refractivity contribution in [1.82, 2.24) is 10.2 Å². The van der Waals surface area contributed by atoms with Gasteiger partial charge in [-0.3, -0.25) is 4.90 Å². The zero-order valence-electron chi connectivity index (χ0n) is 31.5. The number of hydrogen-bond donors (Lipinski definition) is 2. The number of nitrogens with one attached hydrogen (secondary N) is 1. The van der Waals surface area contributed by atoms with Crippen LogP contribution in [0.4, 0.5) is 0 Å². The quantitative estimate of drug-likeness (QED) is 0.274. The van der Waals surface area contributed by atoms with E-state index in [9.17, 15) is 9.90 Å². The summed E-state index contributed by atoms with van der Waals surface area (Å²) in [6.45, 7) is 27.4. The van der Waals surface area contributed by atoms with Crippen LogP contribution >= 0.6 is 0 Å². The molecule has 1 saturated heterocycles. The number of aromatic carboxylic acids is 1. The van der Waals surface area contributed by atoms with Gasteiger partial charge in [-0.05, 0) is 171 Å². The lowest BCUT2D eigenvalue weighted by atomic mass is 9.32. The Labute approximate surface area is 292 Å². The van der Waals surface area contributed by atoms with E-state index in [1.165, 1.54) is 101 Å². The zero-order chi connectivity index (χ0) is 34.3. The van der Waals surface area contributed by atoms with Crippen LogP contribution in [0.3, 0.4) is 0 Å². The lowest BCUT2D eigenvalue weighted by molar-refractivity contribution is -0.225. The van der Waals surface area contributed by atoms with Crippen LogP contribution in [0.15, 0.2) is 42.5 Å². The number of likely N-dealkylation sites (tertiary alicyclic amines) is 1. The van der Waals surface area contributed by atoms with Crippen molar-refractivity contribution in [3.63, 3.8) is 0 Å². The van der Waals surface area contributed by atoms with Gasteiger partial charge in [-0.25, -0.2) is 4.79 Å². The highest BCUT2D eigenvalue weighted by atomic mass is 16.4. The molecule has 6 aliphatic rings. The van der Waals surface area contributed by atoms with E-state index in [0.717, 1.165) is 36.8 Å². The lowest BCUT2D eigenvalue weighted by Crippen LogP contribution is -2.66. The third-order valence-corrected chi connectivity index (χ3v) is 17.0. The summed E-state index contributed by atoms with van der Waals surface area (Å²) >= 11 is 0. The number of nitrogens with zero attached hydrogens (tertiary/aromatic N) is 1. The lowest BCUT2D eigenvalue weighted by Gasteiger charge is -2.72. The summed E-state index contributed by atoms with van der Waals surface area (Å²) in [7, 11) is 0. The number of hydrogen-bond acceptors (Lipinski definition) is 3. The third-order valence-electron chi connectivity index (χ3n) is 17.0. The Kier molecular flexibility index (Phi) is 8.71. The molecule has 4 saturated carbocycles. The molecular formula is C44H66N2O2. The van der Waals surface area contributed by atoms with E-state index in [-0.39, 0.29) is 10.8 Å². The number of likely N-dealkylation sites (N-methyl/N-ethyl adjacent to an activating group) is 1. The molecular weight excluding hydrogens is 588 g/mol. The van der Waals surface area contributed by atoms with Crippen LogP contribution in [0, 0.1) is 56.7 Å². The van der Waals surface area contributed by atoms with Gasteiger partial charge in [0.15, 0.2) is 0 Å². The minimum atomic E-state index is -0.850. The minimum absolute atomic E-state index is 0.0490. The van der Waals surface area contributed by atoms with Crippen molar-refractivity contribution in [3.8, 4) is 0 Å². The van der Waals surface area contributed by atoms with E-state index in [1.54, 1.807) is 12.1 Å². The molecule has 1 aromatic rings. The van der Waals surface area contributed by atoms with Gasteiger partial charge < -0.3 is 10.4 Å². The van der Waals surface area contributed by atoms with Gasteiger partial charge in [-0.2, -0.15) is 0 Å². The Hall–Kier alpha value is -1.91. The first-order valence-corrected chi connectivity index (χ1v) is 19.9. The van der Waals surface area contributed by atoms with Crippen molar-refractivity contribution in [3.05, 3.63) is 53.6 Å². The maximum Gasteiger partial charge on any atom is 0.335 e. The molecule has 4 nitrogen and oxygen atoms in total. The zero-order valence-corrected chi connectivity index (χ0v) is 31.5. The van der Waals surface area contributed by atoms with Gasteiger partial charge in [-0.1, -0.05) is 71.9 Å². The summed E-state index contributed by atoms with van der Waals surface area (Å²) in [5.74, 6) is 2.73. The van der Waals surface area contributed by atoms with Gasteiger partial charge in [-0.15, -0.1) is 0 Å². The highest BCUT2D eigenvalue weighted by molar-refractivity contribution is 5.88. The summed E-state index contributed by atoms with van der Waals surface area (Å²) in [4.78, 5) is 14.3. The van der Waals surface area contributed by atoms with Crippen LogP contribution in [0.2, 0.25) is 0 Å². The average molecular weight is 655 g/mol. The van der Waals surface area contributed by atoms with Crippen molar-refractivity contribution in [1.29, 1.82) is 0 Å². The number of benzene rings is 1. The molecule has 5 fully saturated rings. The third kappa shape index (κ3) is 4.99. The Morgan fingerprint density at radius 2 is 1.69 bits per heavy atom. The fourth-order valence-electron chi connectivity index (χ4n) is 14.5. The Morgan fingerprint density at radius 3 is 2.38 bits per heavy atom. The fraction of sp³-hybridized carbons (Fsp3) is 0.750. The van der Waals surface area contributed by atoms with Crippen LogP contribution < -0.4 is 5.32 Å². The van der Waals surface area contributed by atoms with Crippen LogP contribution in [-0.2, 0) is 0 Å². The largest absolute Gasteiger partial charge is 0.478 e. The van der Waals surface area contributed by atoms with Gasteiger partial charge in [0.05, 0.1) is 5.56 Å². The van der Waals surface area contributed by atoms with E-state index in [0.29, 0.717) is 33.6 Å². The number of carboxylic acid groups (broad SMARTS) is 1. The topological polar surface area (TPSA) is 52.6 Å². The number of fused-ring (bicyclic) bond motifs is 7. The maximum absolute atomic E-state index is 11.6. The molecule has 0 bridgehead atoms. The summed E-state index contributed by atoms with van der Waals surface area (Å²) in [6.07, 6.45) is 17.3. The molecule has 0 spiro atoms. The second-order valence-electron chi connectivity index (χ2n) is 19.0. The predicted octanol–water partition coefficient (Wildman–Crippen LogP) is 10.1. The van der Waals surface area contributed by atoms with Gasteiger partial charge in [0.2, 0.25) is 0 Å². The molecule has 1 aromatic carbocycles. The summed E-state index contributed by atoms with van der Waals surface area (Å²) < 4.78 is 0. The molecule has 0 amide bonds. The Balaban J connectivity index is 1.16. The number of allylic oxidation sites excluding steroid dienone is 3. The fourth-order valence-corrected chi connectivity index (χ4v) is 14.5. The minimum Gasteiger partial charge on any atom is -0.478 e. The smallest absolute Gasteiger partial charge is 0.335 e. The maximum atomic E-state index is 11.6. The second-order valence-corrected chi connectivity index (χ2v) is 19.0. The molecule has 1 aliphatic heterocycles. The average Bonchev–Trinajstić information content (AvgIpc) is 3.66. The van der Waals surface area contributed by atoms with Gasteiger partial charge in [0.25, 0.3) is 0 Å². The molecule has 1 heterocycles. The normalized spacial score (nSPS) is 43.4. The number of rotatable bonds is 8. The Bertz CT molecular complexity index is 1440. The first-order valence-electron chi connectivity index (χ1n) is 19.9. The van der Waals surface area contributed by atoms with Crippen LogP contribution in [0.25, 0.3) is 5.57 Å². The molecule has 10 atom stereocenters. The molecule has 48 heavy (non-hydrogen) atoms.